The zero-order chi connectivity index (χ0) is 11.1. The molecule has 0 aliphatic rings. The van der Waals surface area contributed by atoms with Crippen LogP contribution < -0.4 is 0 Å². The molecule has 0 spiro atoms. The summed E-state index contributed by atoms with van der Waals surface area (Å²) in [5.41, 5.74) is 0. The zero-order valence-electron chi connectivity index (χ0n) is 8.97. The maximum Gasteiger partial charge on any atom is 0.0634 e. The van der Waals surface area contributed by atoms with Gasteiger partial charge < -0.3 is 10.2 Å². The summed E-state index contributed by atoms with van der Waals surface area (Å²) in [4.78, 5) is 1.17. The van der Waals surface area contributed by atoms with E-state index in [0.717, 1.165) is 12.8 Å². The van der Waals surface area contributed by atoms with Crippen LogP contribution in [0.2, 0.25) is 0 Å². The lowest BCUT2D eigenvalue weighted by Gasteiger charge is -2.18. The van der Waals surface area contributed by atoms with Crippen molar-refractivity contribution in [2.75, 3.05) is 6.61 Å². The summed E-state index contributed by atoms with van der Waals surface area (Å²) < 4.78 is 0. The molecule has 0 aliphatic carbocycles. The Morgan fingerprint density at radius 3 is 2.47 bits per heavy atom. The van der Waals surface area contributed by atoms with Gasteiger partial charge in [-0.1, -0.05) is 18.2 Å². The van der Waals surface area contributed by atoms with Crippen LogP contribution in [0.25, 0.3) is 0 Å². The maximum atomic E-state index is 9.60. The average molecular weight is 226 g/mol. The minimum Gasteiger partial charge on any atom is -0.396 e. The van der Waals surface area contributed by atoms with Gasteiger partial charge in [0.1, 0.15) is 0 Å². The minimum atomic E-state index is -0.346. The molecule has 1 aromatic rings. The summed E-state index contributed by atoms with van der Waals surface area (Å²) in [7, 11) is 0. The number of benzene rings is 1. The van der Waals surface area contributed by atoms with Crippen LogP contribution in [0.5, 0.6) is 0 Å². The van der Waals surface area contributed by atoms with E-state index in [-0.39, 0.29) is 18.0 Å². The molecule has 0 aromatic heterocycles. The number of hydrogen-bond donors (Lipinski definition) is 2. The van der Waals surface area contributed by atoms with Gasteiger partial charge in [0, 0.05) is 16.8 Å². The second-order valence-corrected chi connectivity index (χ2v) is 4.89. The van der Waals surface area contributed by atoms with Gasteiger partial charge in [0.2, 0.25) is 0 Å². The van der Waals surface area contributed by atoms with Crippen LogP contribution in [0.4, 0.5) is 0 Å². The average Bonchev–Trinajstić information content (AvgIpc) is 2.25. The fraction of sp³-hybridized carbons (Fsp3) is 0.500. The first-order valence-electron chi connectivity index (χ1n) is 5.24. The molecule has 2 nitrogen and oxygen atoms in total. The van der Waals surface area contributed by atoms with Crippen LogP contribution >= 0.6 is 11.8 Å². The smallest absolute Gasteiger partial charge is 0.0634 e. The SMILES string of the molecule is CC(O)C(CCCO)Sc1ccccc1. The predicted molar refractivity (Wildman–Crippen MR) is 64.1 cm³/mol. The first kappa shape index (κ1) is 12.6. The lowest BCUT2D eigenvalue weighted by atomic mass is 10.2. The number of aliphatic hydroxyl groups excluding tert-OH is 2. The molecule has 1 aromatic carbocycles. The Morgan fingerprint density at radius 1 is 1.27 bits per heavy atom. The van der Waals surface area contributed by atoms with E-state index in [2.05, 4.69) is 0 Å². The minimum absolute atomic E-state index is 0.166. The van der Waals surface area contributed by atoms with E-state index in [1.807, 2.05) is 30.3 Å². The van der Waals surface area contributed by atoms with Crippen LogP contribution in [0.15, 0.2) is 35.2 Å². The molecular weight excluding hydrogens is 208 g/mol. The van der Waals surface area contributed by atoms with E-state index in [9.17, 15) is 5.11 Å². The van der Waals surface area contributed by atoms with E-state index >= 15 is 0 Å². The molecule has 2 atom stereocenters. The summed E-state index contributed by atoms with van der Waals surface area (Å²) in [6.07, 6.45) is 1.24. The van der Waals surface area contributed by atoms with Gasteiger partial charge in [0.15, 0.2) is 0 Å². The molecule has 0 fully saturated rings. The summed E-state index contributed by atoms with van der Waals surface area (Å²) >= 11 is 1.68. The molecule has 2 N–H and O–H groups in total. The quantitative estimate of drug-likeness (QED) is 0.731. The third-order valence-electron chi connectivity index (χ3n) is 2.22. The van der Waals surface area contributed by atoms with E-state index in [4.69, 9.17) is 5.11 Å². The summed E-state index contributed by atoms with van der Waals surface area (Å²) in [6.45, 7) is 2.00. The Kier molecular flexibility index (Phi) is 5.76. The molecule has 0 saturated heterocycles. The van der Waals surface area contributed by atoms with Crippen LogP contribution in [0, 0.1) is 0 Å². The van der Waals surface area contributed by atoms with Crippen molar-refractivity contribution in [2.45, 2.75) is 36.0 Å². The van der Waals surface area contributed by atoms with Crippen molar-refractivity contribution >= 4 is 11.8 Å². The van der Waals surface area contributed by atoms with Gasteiger partial charge in [-0.05, 0) is 31.9 Å². The van der Waals surface area contributed by atoms with Crippen LogP contribution in [-0.4, -0.2) is 28.2 Å². The molecule has 0 aliphatic heterocycles. The van der Waals surface area contributed by atoms with Gasteiger partial charge in [0.05, 0.1) is 6.10 Å². The Hall–Kier alpha value is -0.510. The van der Waals surface area contributed by atoms with Crippen LogP contribution in [0.3, 0.4) is 0 Å². The highest BCUT2D eigenvalue weighted by Crippen LogP contribution is 2.28. The Labute approximate surface area is 95.3 Å². The van der Waals surface area contributed by atoms with Gasteiger partial charge in [-0.3, -0.25) is 0 Å². The van der Waals surface area contributed by atoms with Gasteiger partial charge in [-0.15, -0.1) is 11.8 Å². The van der Waals surface area contributed by atoms with Gasteiger partial charge in [-0.25, -0.2) is 0 Å². The summed E-state index contributed by atoms with van der Waals surface area (Å²) in [6, 6.07) is 10.0. The lowest BCUT2D eigenvalue weighted by molar-refractivity contribution is 0.182. The number of hydrogen-bond acceptors (Lipinski definition) is 3. The molecular formula is C12H18O2S. The Morgan fingerprint density at radius 2 is 1.93 bits per heavy atom. The van der Waals surface area contributed by atoms with Gasteiger partial charge >= 0.3 is 0 Å². The second-order valence-electron chi connectivity index (χ2n) is 3.58. The van der Waals surface area contributed by atoms with Crippen molar-refractivity contribution in [3.63, 3.8) is 0 Å². The first-order valence-corrected chi connectivity index (χ1v) is 6.12. The van der Waals surface area contributed by atoms with Crippen LogP contribution in [-0.2, 0) is 0 Å². The van der Waals surface area contributed by atoms with Gasteiger partial charge in [-0.2, -0.15) is 0 Å². The molecule has 0 amide bonds. The van der Waals surface area contributed by atoms with E-state index in [1.165, 1.54) is 4.90 Å². The molecule has 0 heterocycles. The maximum absolute atomic E-state index is 9.60. The molecule has 2 unspecified atom stereocenters. The standard InChI is InChI=1S/C12H18O2S/c1-10(14)12(8-5-9-13)15-11-6-3-2-4-7-11/h2-4,6-7,10,12-14H,5,8-9H2,1H3. The fourth-order valence-electron chi connectivity index (χ4n) is 1.36. The topological polar surface area (TPSA) is 40.5 Å². The van der Waals surface area contributed by atoms with E-state index < -0.39 is 0 Å². The Bertz CT molecular complexity index is 262. The van der Waals surface area contributed by atoms with Crippen LogP contribution in [0.1, 0.15) is 19.8 Å². The fourth-order valence-corrected chi connectivity index (χ4v) is 2.51. The zero-order valence-corrected chi connectivity index (χ0v) is 9.78. The van der Waals surface area contributed by atoms with Crippen molar-refractivity contribution in [1.82, 2.24) is 0 Å². The summed E-state index contributed by atoms with van der Waals surface area (Å²) in [5, 5.41) is 18.5. The molecule has 0 bridgehead atoms. The van der Waals surface area contributed by atoms with E-state index in [0.29, 0.717) is 0 Å². The molecule has 1 rings (SSSR count). The third kappa shape index (κ3) is 4.69. The van der Waals surface area contributed by atoms with Crippen molar-refractivity contribution in [3.8, 4) is 0 Å². The Balaban J connectivity index is 2.51. The molecule has 15 heavy (non-hydrogen) atoms. The number of rotatable bonds is 6. The van der Waals surface area contributed by atoms with Crippen molar-refractivity contribution in [1.29, 1.82) is 0 Å². The van der Waals surface area contributed by atoms with Crippen molar-refractivity contribution in [3.05, 3.63) is 30.3 Å². The second kappa shape index (κ2) is 6.88. The highest BCUT2D eigenvalue weighted by Gasteiger charge is 2.15. The summed E-state index contributed by atoms with van der Waals surface area (Å²) in [5.74, 6) is 0. The van der Waals surface area contributed by atoms with Crippen molar-refractivity contribution < 1.29 is 10.2 Å². The van der Waals surface area contributed by atoms with Gasteiger partial charge in [0.25, 0.3) is 0 Å². The molecule has 3 heteroatoms. The normalized spacial score (nSPS) is 14.9. The largest absolute Gasteiger partial charge is 0.396 e. The number of aliphatic hydroxyl groups is 2. The highest BCUT2D eigenvalue weighted by molar-refractivity contribution is 8.00. The molecule has 84 valence electrons. The molecule has 0 saturated carbocycles. The monoisotopic (exact) mass is 226 g/mol. The van der Waals surface area contributed by atoms with Crippen molar-refractivity contribution in [2.24, 2.45) is 0 Å². The molecule has 0 radical (unpaired) electrons. The predicted octanol–water partition coefficient (Wildman–Crippen LogP) is 2.30. The highest BCUT2D eigenvalue weighted by atomic mass is 32.2. The third-order valence-corrected chi connectivity index (χ3v) is 3.69. The van der Waals surface area contributed by atoms with E-state index in [1.54, 1.807) is 18.7 Å². The number of thioether (sulfide) groups is 1. The first-order chi connectivity index (χ1) is 7.24. The lowest BCUT2D eigenvalue weighted by Crippen LogP contribution is -2.19.